The van der Waals surface area contributed by atoms with E-state index in [1.165, 1.54) is 82.7 Å². The second-order valence-corrected chi connectivity index (χ2v) is 32.3. The van der Waals surface area contributed by atoms with Gasteiger partial charge in [-0.15, -0.1) is 6.42 Å². The van der Waals surface area contributed by atoms with Crippen LogP contribution in [0.5, 0.6) is 11.5 Å². The Bertz CT molecular complexity index is 5460. The zero-order valence-electron chi connectivity index (χ0n) is 72.2. The number of rotatable bonds is 40. The van der Waals surface area contributed by atoms with E-state index in [2.05, 4.69) is 95.3 Å². The number of benzene rings is 6. The number of primary amides is 1. The number of fused-ring (bicyclic) bond motifs is 4. The number of unbranched alkanes of at least 4 members (excludes halogenated alkanes) is 3. The molecule has 4 aromatic heterocycles. The number of carbonyl (C=O) groups is 9. The first-order valence-electron chi connectivity index (χ1n) is 42.3. The number of ether oxygens (including phenoxy) is 2. The number of likely N-dealkylation sites (N-methyl/N-ethyl adjacent to an activating group) is 6. The first-order chi connectivity index (χ1) is 59.1. The Morgan fingerprint density at radius 3 is 1.37 bits per heavy atom. The van der Waals surface area contributed by atoms with Gasteiger partial charge in [-0.2, -0.15) is 0 Å². The van der Waals surface area contributed by atoms with Gasteiger partial charge in [0.2, 0.25) is 47.3 Å². The molecule has 12 rings (SSSR count). The Hall–Kier alpha value is -12.9. The highest BCUT2D eigenvalue weighted by molar-refractivity contribution is 5.96. The van der Waals surface area contributed by atoms with E-state index < -0.39 is 66.7 Å². The molecule has 0 unspecified atom stereocenters. The minimum Gasteiger partial charge on any atom is -0.494 e. The van der Waals surface area contributed by atoms with Gasteiger partial charge < -0.3 is 94.4 Å². The number of nitrogens with two attached hydrogens (primary N) is 1. The molecule has 32 nitrogen and oxygen atoms in total. The van der Waals surface area contributed by atoms with Crippen molar-refractivity contribution in [2.24, 2.45) is 5.73 Å². The van der Waals surface area contributed by atoms with E-state index in [9.17, 15) is 43.2 Å². The Kier molecular flexibility index (Phi) is 30.2. The fourth-order valence-electron chi connectivity index (χ4n) is 15.2. The van der Waals surface area contributed by atoms with Crippen LogP contribution in [0.2, 0.25) is 0 Å². The third kappa shape index (κ3) is 23.2. The van der Waals surface area contributed by atoms with Gasteiger partial charge in [0.25, 0.3) is 5.91 Å². The summed E-state index contributed by atoms with van der Waals surface area (Å²) in [6.45, 7) is 13.1. The highest BCUT2D eigenvalue weighted by Crippen LogP contribution is 2.33. The van der Waals surface area contributed by atoms with Crippen LogP contribution >= 0.6 is 0 Å². The number of anilines is 2. The zero-order chi connectivity index (χ0) is 87.5. The van der Waals surface area contributed by atoms with Crippen LogP contribution in [0.3, 0.4) is 0 Å². The van der Waals surface area contributed by atoms with E-state index >= 15 is 0 Å². The number of hydrogen-bond acceptors (Lipinski definition) is 19. The standard InChI is InChI=1S/C91H115N21O11/c1-12-80(114)93-37-15-13-14-26-83(117)111(49-44-105(8)82(116)28-21-51-123-70-25-19-23-64(53-70)86-95-72-34-30-66(55-76(72)99-86)88-97-74-36-32-68(57-78(74)101-88)110-47-42-103(6)43-48-110)59-84(118)106(9)60(2)89(119)107(10)61(3)90(120)108(11)62(4)91(121)112(58-79(92)113)39-17-16-38-104(7)81(115)27-20-50-122-69-24-18-22-63(52-69)85-94-71-33-29-65(54-75(71)98-85)87-96-73-35-31-67(56-77(73)100-87)109-45-40-102(5)41-46-109/h1,18-19,22-25,29-36,52-57,60-62H,13-17,20-21,26-28,37-51,58-59H2,2-11H3,(H2,92,113)(H,93,114)(H,94,98)(H,95,99)(H,96,100)(H,97,101)/t60-,61-,62-/m0/s1. The predicted octanol–water partition coefficient (Wildman–Crippen LogP) is 8.07. The summed E-state index contributed by atoms with van der Waals surface area (Å²) in [7, 11) is 11.9. The SMILES string of the molecule is C#CC(=O)NCCCCCC(=O)N(CCN(C)C(=O)CCCOc1cccc(-c2nc3ccc(-c4nc5cc(N6CCN(C)CC6)ccc5[nH]4)cc3[nH]2)c1)CC(=O)N(C)[C@@H](C)C(=O)N(C)[C@@H](C)C(=O)N(C)[C@@H](C)C(=O)N(CCCCN(C)C(=O)CCCOc1cccc(-c2nc3ccc(-c4nc5cc(N6CCN(C)CC6)ccc5[nH]4)cc3[nH]2)c1)CC(N)=O. The summed E-state index contributed by atoms with van der Waals surface area (Å²) < 4.78 is 12.3. The number of aromatic amines is 4. The van der Waals surface area contributed by atoms with E-state index in [1.807, 2.05) is 90.8 Å². The van der Waals surface area contributed by atoms with Crippen molar-refractivity contribution in [1.82, 2.24) is 89.3 Å². The summed E-state index contributed by atoms with van der Waals surface area (Å²) in [5, 5.41) is 2.61. The summed E-state index contributed by atoms with van der Waals surface area (Å²) in [6, 6.07) is 36.7. The highest BCUT2D eigenvalue weighted by atomic mass is 16.5. The minimum absolute atomic E-state index is 0.00729. The number of H-pyrrole nitrogens is 4. The molecule has 6 aromatic carbocycles. The molecule has 650 valence electrons. The molecule has 6 heterocycles. The van der Waals surface area contributed by atoms with Crippen LogP contribution in [-0.2, 0) is 43.2 Å². The number of piperazine rings is 2. The summed E-state index contributed by atoms with van der Waals surface area (Å²) in [5.74, 6) is 1.83. The van der Waals surface area contributed by atoms with E-state index in [4.69, 9.17) is 41.6 Å². The molecule has 0 saturated carbocycles. The molecule has 0 spiro atoms. The molecule has 2 aliphatic heterocycles. The summed E-state index contributed by atoms with van der Waals surface area (Å²) in [5.41, 5.74) is 18.6. The van der Waals surface area contributed by atoms with Crippen LogP contribution in [0.25, 0.3) is 89.7 Å². The van der Waals surface area contributed by atoms with Crippen LogP contribution in [0, 0.1) is 12.3 Å². The van der Waals surface area contributed by atoms with Gasteiger partial charge in [-0.05, 0) is 176 Å². The number of aromatic nitrogens is 8. The van der Waals surface area contributed by atoms with Gasteiger partial charge in [0.1, 0.15) is 52.9 Å². The molecule has 0 radical (unpaired) electrons. The van der Waals surface area contributed by atoms with Crippen molar-refractivity contribution in [1.29, 1.82) is 0 Å². The largest absolute Gasteiger partial charge is 0.494 e. The molecular weight excluding hydrogens is 1560 g/mol. The van der Waals surface area contributed by atoms with Crippen molar-refractivity contribution in [3.8, 4) is 69.4 Å². The second kappa shape index (κ2) is 41.6. The number of terminal acetylenes is 1. The monoisotopic (exact) mass is 1680 g/mol. The maximum Gasteiger partial charge on any atom is 0.295 e. The quantitative estimate of drug-likeness (QED) is 0.0156. The number of imidazole rings is 4. The number of amides is 9. The summed E-state index contributed by atoms with van der Waals surface area (Å²) >= 11 is 0. The maximum atomic E-state index is 14.2. The Morgan fingerprint density at radius 2 is 0.878 bits per heavy atom. The molecule has 2 fully saturated rings. The third-order valence-corrected chi connectivity index (χ3v) is 23.5. The lowest BCUT2D eigenvalue weighted by Gasteiger charge is -2.36. The molecule has 3 atom stereocenters. The van der Waals surface area contributed by atoms with E-state index in [1.54, 1.807) is 19.0 Å². The molecule has 0 aliphatic carbocycles. The molecule has 9 amide bonds. The predicted molar refractivity (Wildman–Crippen MR) is 476 cm³/mol. The maximum absolute atomic E-state index is 14.2. The average Bonchev–Trinajstić information content (AvgIpc) is 1.64. The molecule has 0 bridgehead atoms. The van der Waals surface area contributed by atoms with Gasteiger partial charge >= 0.3 is 0 Å². The fraction of sp³-hybridized carbons (Fsp3) is 0.440. The third-order valence-electron chi connectivity index (χ3n) is 23.5. The van der Waals surface area contributed by atoms with Crippen LogP contribution in [0.15, 0.2) is 121 Å². The Morgan fingerprint density at radius 1 is 0.439 bits per heavy atom. The van der Waals surface area contributed by atoms with Crippen LogP contribution in [0.4, 0.5) is 11.4 Å². The van der Waals surface area contributed by atoms with Crippen molar-refractivity contribution in [3.63, 3.8) is 0 Å². The van der Waals surface area contributed by atoms with Crippen molar-refractivity contribution in [3.05, 3.63) is 121 Å². The second-order valence-electron chi connectivity index (χ2n) is 32.3. The highest BCUT2D eigenvalue weighted by Gasteiger charge is 2.36. The average molecular weight is 1680 g/mol. The summed E-state index contributed by atoms with van der Waals surface area (Å²) in [6.07, 6.45) is 8.88. The fourth-order valence-corrected chi connectivity index (χ4v) is 15.2. The first kappa shape index (κ1) is 89.4. The molecule has 7 N–H and O–H groups in total. The van der Waals surface area contributed by atoms with Crippen LogP contribution in [-0.4, -0.2) is 316 Å². The number of carbonyl (C=O) groups excluding carboxylic acids is 9. The van der Waals surface area contributed by atoms with E-state index in [0.717, 1.165) is 130 Å². The number of nitrogens with zero attached hydrogens (tertiary/aromatic N) is 15. The lowest BCUT2D eigenvalue weighted by molar-refractivity contribution is -0.152. The van der Waals surface area contributed by atoms with Gasteiger partial charge in [0.15, 0.2) is 0 Å². The van der Waals surface area contributed by atoms with Crippen molar-refractivity contribution < 1.29 is 52.6 Å². The lowest BCUT2D eigenvalue weighted by Crippen LogP contribution is -2.57. The summed E-state index contributed by atoms with van der Waals surface area (Å²) in [4.78, 5) is 174. The van der Waals surface area contributed by atoms with Gasteiger partial charge in [-0.3, -0.25) is 43.2 Å². The van der Waals surface area contributed by atoms with E-state index in [-0.39, 0.29) is 63.2 Å². The van der Waals surface area contributed by atoms with Gasteiger partial charge in [-0.25, -0.2) is 19.9 Å². The molecule has 123 heavy (non-hydrogen) atoms. The number of nitrogens with one attached hydrogen (secondary N) is 5. The van der Waals surface area contributed by atoms with Crippen LogP contribution < -0.4 is 30.3 Å². The minimum atomic E-state index is -1.13. The van der Waals surface area contributed by atoms with Gasteiger partial charge in [0, 0.05) is 173 Å². The van der Waals surface area contributed by atoms with E-state index in [0.29, 0.717) is 87.8 Å². The Balaban J connectivity index is 0.562. The Labute approximate surface area is 717 Å². The molecular formula is C91H115N21O11. The molecule has 32 heteroatoms. The molecule has 2 aliphatic rings. The topological polar surface area (TPSA) is 360 Å². The van der Waals surface area contributed by atoms with Crippen molar-refractivity contribution >= 4 is 109 Å². The zero-order valence-corrected chi connectivity index (χ0v) is 72.2. The molecule has 2 saturated heterocycles. The normalized spacial score (nSPS) is 13.9. The number of hydrogen-bond donors (Lipinski definition) is 6. The van der Waals surface area contributed by atoms with Gasteiger partial charge in [0.05, 0.1) is 70.4 Å². The smallest absolute Gasteiger partial charge is 0.295 e. The first-order valence-corrected chi connectivity index (χ1v) is 42.3. The van der Waals surface area contributed by atoms with Crippen LogP contribution in [0.1, 0.15) is 85.0 Å². The molecule has 10 aromatic rings. The van der Waals surface area contributed by atoms with Crippen molar-refractivity contribution in [2.45, 2.75) is 103 Å². The van der Waals surface area contributed by atoms with Gasteiger partial charge in [-0.1, -0.05) is 30.7 Å². The lowest BCUT2D eigenvalue weighted by atomic mass is 10.1. The van der Waals surface area contributed by atoms with Crippen molar-refractivity contribution in [2.75, 3.05) is 171 Å².